The first kappa shape index (κ1) is 26.1. The van der Waals surface area contributed by atoms with Crippen LogP contribution in [-0.4, -0.2) is 32.8 Å². The van der Waals surface area contributed by atoms with Crippen LogP contribution in [0.1, 0.15) is 15.9 Å². The fourth-order valence-electron chi connectivity index (χ4n) is 3.85. The molecule has 0 saturated carbocycles. The van der Waals surface area contributed by atoms with Gasteiger partial charge < -0.3 is 10.4 Å². The third-order valence-electron chi connectivity index (χ3n) is 5.77. The number of carbonyl (C=O) groups excluding carboxylic acids is 1. The number of rotatable bonds is 7. The first-order valence-electron chi connectivity index (χ1n) is 11.0. The van der Waals surface area contributed by atoms with Crippen molar-refractivity contribution in [2.75, 3.05) is 0 Å². The smallest absolute Gasteiger partial charge is 0.326 e. The molecule has 0 bridgehead atoms. The summed E-state index contributed by atoms with van der Waals surface area (Å²) in [5.74, 6) is -2.34. The summed E-state index contributed by atoms with van der Waals surface area (Å²) in [6, 6.07) is 15.7. The zero-order chi connectivity index (χ0) is 26.7. The van der Waals surface area contributed by atoms with Gasteiger partial charge in [0.25, 0.3) is 11.5 Å². The van der Waals surface area contributed by atoms with Gasteiger partial charge in [0.2, 0.25) is 0 Å². The number of carboxylic acid groups (broad SMARTS) is 1. The minimum atomic E-state index is -1.26. The average molecular weight is 540 g/mol. The zero-order valence-corrected chi connectivity index (χ0v) is 20.9. The van der Waals surface area contributed by atoms with E-state index in [0.717, 1.165) is 0 Å². The molecule has 0 aliphatic heterocycles. The molecule has 0 radical (unpaired) electrons. The second kappa shape index (κ2) is 10.9. The number of nitrogens with zero attached hydrogens (tertiary/aromatic N) is 2. The Morgan fingerprint density at radius 1 is 1.00 bits per heavy atom. The minimum Gasteiger partial charge on any atom is -0.480 e. The molecule has 4 rings (SSSR count). The van der Waals surface area contributed by atoms with Crippen LogP contribution in [0.3, 0.4) is 0 Å². The maximum atomic E-state index is 13.4. The van der Waals surface area contributed by atoms with Gasteiger partial charge in [-0.2, -0.15) is 5.10 Å². The maximum absolute atomic E-state index is 13.4. The lowest BCUT2D eigenvalue weighted by Crippen LogP contribution is -2.42. The molecule has 4 aromatic rings. The van der Waals surface area contributed by atoms with Crippen LogP contribution in [0.2, 0.25) is 10.0 Å². The number of amides is 1. The lowest BCUT2D eigenvalue weighted by atomic mass is 9.95. The summed E-state index contributed by atoms with van der Waals surface area (Å²) >= 11 is 12.1. The van der Waals surface area contributed by atoms with Crippen molar-refractivity contribution in [3.05, 3.63) is 110 Å². The Labute approximate surface area is 221 Å². The summed E-state index contributed by atoms with van der Waals surface area (Å²) in [4.78, 5) is 37.5. The number of aryl methyl sites for hydroxylation is 1. The summed E-state index contributed by atoms with van der Waals surface area (Å²) in [6.45, 7) is 0. The number of halogens is 3. The van der Waals surface area contributed by atoms with Crippen molar-refractivity contribution in [2.45, 2.75) is 12.5 Å². The molecule has 7 nitrogen and oxygen atoms in total. The highest BCUT2D eigenvalue weighted by Gasteiger charge is 2.24. The van der Waals surface area contributed by atoms with E-state index < -0.39 is 23.7 Å². The SMILES string of the molecule is Cn1ncc(-c2ccc(F)cc2)c(-c2ccc(C[C@H](NC(=O)c3c(Cl)cccc3Cl)C(=O)O)cc2)c1=O. The van der Waals surface area contributed by atoms with Crippen LogP contribution in [0.25, 0.3) is 22.3 Å². The normalized spacial score (nSPS) is 11.7. The van der Waals surface area contributed by atoms with E-state index in [4.69, 9.17) is 23.2 Å². The van der Waals surface area contributed by atoms with Gasteiger partial charge in [-0.05, 0) is 41.0 Å². The van der Waals surface area contributed by atoms with E-state index in [1.54, 1.807) is 42.5 Å². The number of carbonyl (C=O) groups is 2. The van der Waals surface area contributed by atoms with Gasteiger partial charge in [-0.3, -0.25) is 9.59 Å². The standard InChI is InChI=1S/C27H20Cl2FN3O4/c1-33-26(35)23(19(14-31-33)16-9-11-18(30)12-10-16)17-7-5-15(6-8-17)13-22(27(36)37)32-25(34)24-20(28)3-2-4-21(24)29/h2-12,14,22H,13H2,1H3,(H,32,34)(H,36,37)/t22-/m0/s1. The molecular weight excluding hydrogens is 520 g/mol. The summed E-state index contributed by atoms with van der Waals surface area (Å²) < 4.78 is 14.6. The Kier molecular flexibility index (Phi) is 7.71. The molecule has 188 valence electrons. The molecular formula is C27H20Cl2FN3O4. The zero-order valence-electron chi connectivity index (χ0n) is 19.4. The second-order valence-corrected chi connectivity index (χ2v) is 9.05. The van der Waals surface area contributed by atoms with E-state index >= 15 is 0 Å². The monoisotopic (exact) mass is 539 g/mol. The number of carboxylic acids is 1. The molecule has 1 amide bonds. The molecule has 1 atom stereocenters. The van der Waals surface area contributed by atoms with E-state index in [2.05, 4.69) is 10.4 Å². The fraction of sp³-hybridized carbons (Fsp3) is 0.111. The van der Waals surface area contributed by atoms with E-state index in [1.807, 2.05) is 0 Å². The fourth-order valence-corrected chi connectivity index (χ4v) is 4.42. The molecule has 0 unspecified atom stereocenters. The second-order valence-electron chi connectivity index (χ2n) is 8.23. The van der Waals surface area contributed by atoms with Crippen molar-refractivity contribution in [2.24, 2.45) is 7.05 Å². The highest BCUT2D eigenvalue weighted by molar-refractivity contribution is 6.39. The Morgan fingerprint density at radius 3 is 2.19 bits per heavy atom. The average Bonchev–Trinajstić information content (AvgIpc) is 2.86. The number of aromatic nitrogens is 2. The van der Waals surface area contributed by atoms with Crippen LogP contribution in [0, 0.1) is 5.82 Å². The van der Waals surface area contributed by atoms with Gasteiger partial charge in [-0.1, -0.05) is 65.7 Å². The number of hydrogen-bond donors (Lipinski definition) is 2. The summed E-state index contributed by atoms with van der Waals surface area (Å²) in [5, 5.41) is 16.5. The minimum absolute atomic E-state index is 0.00529. The number of benzene rings is 3. The quantitative estimate of drug-likeness (QED) is 0.344. The van der Waals surface area contributed by atoms with Gasteiger partial charge in [0.05, 0.1) is 27.4 Å². The van der Waals surface area contributed by atoms with E-state index in [9.17, 15) is 23.9 Å². The molecule has 1 aromatic heterocycles. The third-order valence-corrected chi connectivity index (χ3v) is 6.40. The van der Waals surface area contributed by atoms with Crippen molar-refractivity contribution in [3.63, 3.8) is 0 Å². The van der Waals surface area contributed by atoms with Crippen LogP contribution < -0.4 is 10.9 Å². The van der Waals surface area contributed by atoms with Gasteiger partial charge in [0.1, 0.15) is 11.9 Å². The van der Waals surface area contributed by atoms with Gasteiger partial charge >= 0.3 is 5.97 Å². The van der Waals surface area contributed by atoms with Crippen molar-refractivity contribution >= 4 is 35.1 Å². The predicted molar refractivity (Wildman–Crippen MR) is 139 cm³/mol. The topological polar surface area (TPSA) is 101 Å². The Hall–Kier alpha value is -4.01. The maximum Gasteiger partial charge on any atom is 0.326 e. The number of nitrogens with one attached hydrogen (secondary N) is 1. The lowest BCUT2D eigenvalue weighted by molar-refractivity contribution is -0.139. The van der Waals surface area contributed by atoms with Crippen molar-refractivity contribution in [1.82, 2.24) is 15.1 Å². The van der Waals surface area contributed by atoms with Crippen LogP contribution in [0.4, 0.5) is 4.39 Å². The Morgan fingerprint density at radius 2 is 1.59 bits per heavy atom. The van der Waals surface area contributed by atoms with Crippen LogP contribution >= 0.6 is 23.2 Å². The third kappa shape index (κ3) is 5.71. The molecule has 37 heavy (non-hydrogen) atoms. The molecule has 0 spiro atoms. The van der Waals surface area contributed by atoms with Crippen LogP contribution in [0.5, 0.6) is 0 Å². The van der Waals surface area contributed by atoms with Gasteiger partial charge in [0.15, 0.2) is 0 Å². The first-order chi connectivity index (χ1) is 17.7. The van der Waals surface area contributed by atoms with Crippen LogP contribution in [-0.2, 0) is 18.3 Å². The largest absolute Gasteiger partial charge is 0.480 e. The summed E-state index contributed by atoms with van der Waals surface area (Å²) in [6.07, 6.45) is 1.51. The Bertz CT molecular complexity index is 1520. The van der Waals surface area contributed by atoms with Crippen molar-refractivity contribution < 1.29 is 19.1 Å². The van der Waals surface area contributed by atoms with E-state index in [0.29, 0.717) is 27.8 Å². The van der Waals surface area contributed by atoms with Gasteiger partial charge in [-0.15, -0.1) is 0 Å². The lowest BCUT2D eigenvalue weighted by Gasteiger charge is -2.16. The molecule has 10 heteroatoms. The van der Waals surface area contributed by atoms with E-state index in [1.165, 1.54) is 42.2 Å². The first-order valence-corrected chi connectivity index (χ1v) is 11.8. The summed E-state index contributed by atoms with van der Waals surface area (Å²) in [5.41, 5.74) is 2.35. The van der Waals surface area contributed by atoms with Crippen molar-refractivity contribution in [3.8, 4) is 22.3 Å². The highest BCUT2D eigenvalue weighted by Crippen LogP contribution is 2.29. The molecule has 3 aromatic carbocycles. The molecule has 1 heterocycles. The van der Waals surface area contributed by atoms with Crippen molar-refractivity contribution in [1.29, 1.82) is 0 Å². The molecule has 2 N–H and O–H groups in total. The molecule has 0 aliphatic carbocycles. The van der Waals surface area contributed by atoms with Gasteiger partial charge in [-0.25, -0.2) is 13.9 Å². The highest BCUT2D eigenvalue weighted by atomic mass is 35.5. The van der Waals surface area contributed by atoms with Gasteiger partial charge in [0, 0.05) is 19.0 Å². The molecule has 0 fully saturated rings. The Balaban J connectivity index is 1.61. The molecule has 0 aliphatic rings. The van der Waals surface area contributed by atoms with Crippen LogP contribution in [0.15, 0.2) is 77.7 Å². The molecule has 0 saturated heterocycles. The van der Waals surface area contributed by atoms with E-state index in [-0.39, 0.29) is 27.6 Å². The number of aliphatic carboxylic acids is 1. The predicted octanol–water partition coefficient (Wildman–Crippen LogP) is 4.99. The number of hydrogen-bond acceptors (Lipinski definition) is 4. The summed E-state index contributed by atoms with van der Waals surface area (Å²) in [7, 11) is 1.53.